The highest BCUT2D eigenvalue weighted by atomic mass is 15.0. The van der Waals surface area contributed by atoms with Gasteiger partial charge >= 0.3 is 0 Å². The quantitative estimate of drug-likeness (QED) is 0.482. The van der Waals surface area contributed by atoms with E-state index in [1.54, 1.807) is 0 Å². The van der Waals surface area contributed by atoms with Crippen LogP contribution in [0.3, 0.4) is 0 Å². The van der Waals surface area contributed by atoms with E-state index in [4.69, 9.17) is 5.73 Å². The number of hydrogen-bond acceptors (Lipinski definition) is 2. The Hall–Kier alpha value is -0.0800. The number of piperidine rings is 1. The monoisotopic (exact) mass is 112 g/mol. The molecule has 0 unspecified atom stereocenters. The first-order valence-electron chi connectivity index (χ1n) is 3.35. The summed E-state index contributed by atoms with van der Waals surface area (Å²) < 4.78 is 0. The fourth-order valence-corrected chi connectivity index (χ4v) is 1.71. The largest absolute Gasteiger partial charge is 0.329 e. The molecule has 0 aromatic heterocycles. The zero-order valence-corrected chi connectivity index (χ0v) is 4.93. The summed E-state index contributed by atoms with van der Waals surface area (Å²) in [4.78, 5) is 0. The summed E-state index contributed by atoms with van der Waals surface area (Å²) in [6.07, 6.45) is 1.44. The van der Waals surface area contributed by atoms with Gasteiger partial charge < -0.3 is 11.1 Å². The second-order valence-corrected chi connectivity index (χ2v) is 2.91. The van der Waals surface area contributed by atoms with E-state index in [2.05, 4.69) is 5.32 Å². The number of fused-ring (bicyclic) bond motifs is 1. The van der Waals surface area contributed by atoms with Crippen molar-refractivity contribution in [3.05, 3.63) is 0 Å². The Morgan fingerprint density at radius 3 is 2.75 bits per heavy atom. The topological polar surface area (TPSA) is 38.0 Å². The molecular weight excluding hydrogens is 100 g/mol. The van der Waals surface area contributed by atoms with Crippen LogP contribution in [0.4, 0.5) is 0 Å². The van der Waals surface area contributed by atoms with Crippen LogP contribution in [0.1, 0.15) is 6.42 Å². The normalized spacial score (nSPS) is 51.4. The molecule has 1 saturated heterocycles. The predicted molar refractivity (Wildman–Crippen MR) is 32.4 cm³/mol. The number of nitrogens with two attached hydrogens (primary N) is 1. The van der Waals surface area contributed by atoms with Crippen LogP contribution >= 0.6 is 0 Å². The number of rotatable bonds is 1. The van der Waals surface area contributed by atoms with Gasteiger partial charge in [-0.1, -0.05) is 0 Å². The highest BCUT2D eigenvalue weighted by Gasteiger charge is 2.46. The molecule has 3 atom stereocenters. The van der Waals surface area contributed by atoms with Crippen molar-refractivity contribution in [3.8, 4) is 0 Å². The first-order chi connectivity index (χ1) is 3.92. The van der Waals surface area contributed by atoms with Gasteiger partial charge in [0.2, 0.25) is 0 Å². The maximum Gasteiger partial charge on any atom is 0.0221 e. The van der Waals surface area contributed by atoms with E-state index in [1.807, 2.05) is 0 Å². The molecule has 1 heterocycles. The molecule has 46 valence electrons. The number of hydrogen-bond donors (Lipinski definition) is 2. The smallest absolute Gasteiger partial charge is 0.0221 e. The summed E-state index contributed by atoms with van der Waals surface area (Å²) in [6.45, 7) is 2.06. The Morgan fingerprint density at radius 2 is 2.50 bits per heavy atom. The first-order valence-corrected chi connectivity index (χ1v) is 3.35. The molecule has 0 amide bonds. The van der Waals surface area contributed by atoms with Crippen molar-refractivity contribution < 1.29 is 0 Å². The lowest BCUT2D eigenvalue weighted by molar-refractivity contribution is 0.543. The molecule has 1 saturated carbocycles. The lowest BCUT2D eigenvalue weighted by Crippen LogP contribution is -2.33. The fraction of sp³-hybridized carbons (Fsp3) is 1.00. The molecule has 0 spiro atoms. The Morgan fingerprint density at radius 1 is 1.62 bits per heavy atom. The van der Waals surface area contributed by atoms with Gasteiger partial charge in [-0.3, -0.25) is 0 Å². The van der Waals surface area contributed by atoms with E-state index >= 15 is 0 Å². The highest BCUT2D eigenvalue weighted by molar-refractivity contribution is 5.02. The third-order valence-corrected chi connectivity index (χ3v) is 2.39. The maximum absolute atomic E-state index is 5.49. The van der Waals surface area contributed by atoms with Crippen molar-refractivity contribution in [2.45, 2.75) is 12.5 Å². The summed E-state index contributed by atoms with van der Waals surface area (Å²) in [5, 5.41) is 3.38. The van der Waals surface area contributed by atoms with Crippen LogP contribution in [0.5, 0.6) is 0 Å². The standard InChI is InChI=1S/C6H12N2/c7-2-6-5-1-4(5)3-8-6/h4-6,8H,1-3,7H2/t4-,5-,6+/m0/s1. The van der Waals surface area contributed by atoms with E-state index in [-0.39, 0.29) is 0 Å². The molecule has 1 aliphatic carbocycles. The van der Waals surface area contributed by atoms with Crippen molar-refractivity contribution in [3.63, 3.8) is 0 Å². The Bertz CT molecular complexity index is 103. The lowest BCUT2D eigenvalue weighted by atomic mass is 10.2. The molecule has 2 rings (SSSR count). The molecule has 2 fully saturated rings. The van der Waals surface area contributed by atoms with Gasteiger partial charge in [0.15, 0.2) is 0 Å². The van der Waals surface area contributed by atoms with Crippen LogP contribution in [0.2, 0.25) is 0 Å². The molecule has 0 radical (unpaired) electrons. The van der Waals surface area contributed by atoms with Crippen LogP contribution in [-0.4, -0.2) is 19.1 Å². The second-order valence-electron chi connectivity index (χ2n) is 2.91. The van der Waals surface area contributed by atoms with Crippen LogP contribution in [0.25, 0.3) is 0 Å². The second kappa shape index (κ2) is 1.45. The Kier molecular flexibility index (Phi) is 0.866. The predicted octanol–water partition coefficient (Wildman–Crippen LogP) is -0.447. The molecule has 3 N–H and O–H groups in total. The summed E-state index contributed by atoms with van der Waals surface area (Å²) in [5.41, 5.74) is 5.49. The summed E-state index contributed by atoms with van der Waals surface area (Å²) in [7, 11) is 0. The van der Waals surface area contributed by atoms with Crippen molar-refractivity contribution in [1.82, 2.24) is 5.32 Å². The lowest BCUT2D eigenvalue weighted by Gasteiger charge is -2.07. The average molecular weight is 112 g/mol. The van der Waals surface area contributed by atoms with Gasteiger partial charge in [0.25, 0.3) is 0 Å². The van der Waals surface area contributed by atoms with Crippen LogP contribution in [0, 0.1) is 11.8 Å². The van der Waals surface area contributed by atoms with E-state index in [0.29, 0.717) is 6.04 Å². The van der Waals surface area contributed by atoms with E-state index in [1.165, 1.54) is 13.0 Å². The zero-order chi connectivity index (χ0) is 5.56. The van der Waals surface area contributed by atoms with Crippen LogP contribution in [-0.2, 0) is 0 Å². The minimum Gasteiger partial charge on any atom is -0.329 e. The third-order valence-electron chi connectivity index (χ3n) is 2.39. The van der Waals surface area contributed by atoms with Gasteiger partial charge in [-0.25, -0.2) is 0 Å². The van der Waals surface area contributed by atoms with E-state index in [9.17, 15) is 0 Å². The average Bonchev–Trinajstić information content (AvgIpc) is 2.46. The molecule has 1 aliphatic heterocycles. The molecule has 0 aromatic rings. The minimum atomic E-state index is 0.667. The SMILES string of the molecule is NC[C@H]1NC[C@@H]2C[C@@H]21. The molecule has 0 aromatic carbocycles. The van der Waals surface area contributed by atoms with Crippen molar-refractivity contribution in [2.75, 3.05) is 13.1 Å². The fourth-order valence-electron chi connectivity index (χ4n) is 1.71. The molecule has 2 aliphatic rings. The third kappa shape index (κ3) is 0.501. The summed E-state index contributed by atoms with van der Waals surface area (Å²) >= 11 is 0. The van der Waals surface area contributed by atoms with Crippen molar-refractivity contribution in [2.24, 2.45) is 17.6 Å². The van der Waals surface area contributed by atoms with Crippen LogP contribution in [0.15, 0.2) is 0 Å². The van der Waals surface area contributed by atoms with Gasteiger partial charge in [-0.2, -0.15) is 0 Å². The zero-order valence-electron chi connectivity index (χ0n) is 4.93. The van der Waals surface area contributed by atoms with Gasteiger partial charge in [0, 0.05) is 12.6 Å². The van der Waals surface area contributed by atoms with Crippen molar-refractivity contribution >= 4 is 0 Å². The van der Waals surface area contributed by atoms with Crippen LogP contribution < -0.4 is 11.1 Å². The van der Waals surface area contributed by atoms with Gasteiger partial charge in [0.05, 0.1) is 0 Å². The maximum atomic E-state index is 5.49. The number of nitrogens with one attached hydrogen (secondary N) is 1. The van der Waals surface area contributed by atoms with E-state index in [0.717, 1.165) is 18.4 Å². The molecule has 8 heavy (non-hydrogen) atoms. The minimum absolute atomic E-state index is 0.667. The Balaban J connectivity index is 1.97. The van der Waals surface area contributed by atoms with Gasteiger partial charge in [0.1, 0.15) is 0 Å². The van der Waals surface area contributed by atoms with E-state index < -0.39 is 0 Å². The highest BCUT2D eigenvalue weighted by Crippen LogP contribution is 2.44. The van der Waals surface area contributed by atoms with Gasteiger partial charge in [-0.05, 0) is 24.8 Å². The molecule has 0 bridgehead atoms. The summed E-state index contributed by atoms with van der Waals surface area (Å²) in [5.74, 6) is 1.96. The Labute approximate surface area is 49.4 Å². The molecular formula is C6H12N2. The first kappa shape index (κ1) is 4.77. The summed E-state index contributed by atoms with van der Waals surface area (Å²) in [6, 6.07) is 0.667. The van der Waals surface area contributed by atoms with Gasteiger partial charge in [-0.15, -0.1) is 0 Å². The van der Waals surface area contributed by atoms with Crippen molar-refractivity contribution in [1.29, 1.82) is 0 Å². The molecule has 2 nitrogen and oxygen atoms in total. The molecule has 2 heteroatoms.